The predicted molar refractivity (Wildman–Crippen MR) is 139 cm³/mol. The number of carbonyl (C=O) groups is 4. The summed E-state index contributed by atoms with van der Waals surface area (Å²) in [6, 6.07) is 0. The maximum atomic E-state index is 14.1. The van der Waals surface area contributed by atoms with E-state index < -0.39 is 63.1 Å². The van der Waals surface area contributed by atoms with Gasteiger partial charge in [-0.25, -0.2) is 0 Å². The first-order chi connectivity index (χ1) is 17.2. The lowest BCUT2D eigenvalue weighted by Gasteiger charge is -2.62. The predicted octanol–water partition coefficient (Wildman–Crippen LogP) is 3.25. The summed E-state index contributed by atoms with van der Waals surface area (Å²) in [7, 11) is 0. The molecule has 0 aliphatic heterocycles. The second-order valence-electron chi connectivity index (χ2n) is 14.2. The highest BCUT2D eigenvalue weighted by Gasteiger charge is 2.71. The maximum Gasteiger partial charge on any atom is 0.306 e. The third-order valence-corrected chi connectivity index (χ3v) is 11.6. The van der Waals surface area contributed by atoms with Crippen LogP contribution in [0.25, 0.3) is 0 Å². The van der Waals surface area contributed by atoms with E-state index in [4.69, 9.17) is 0 Å². The molecule has 8 heteroatoms. The fourth-order valence-corrected chi connectivity index (χ4v) is 9.16. The van der Waals surface area contributed by atoms with Gasteiger partial charge in [0.25, 0.3) is 0 Å². The molecule has 2 fully saturated rings. The van der Waals surface area contributed by atoms with Crippen LogP contribution in [0.5, 0.6) is 0 Å². The second-order valence-corrected chi connectivity index (χ2v) is 14.2. The summed E-state index contributed by atoms with van der Waals surface area (Å²) in [5, 5.41) is 43.2. The van der Waals surface area contributed by atoms with Crippen LogP contribution < -0.4 is 0 Å². The van der Waals surface area contributed by atoms with Gasteiger partial charge < -0.3 is 20.4 Å². The number of aliphatic carboxylic acids is 1. The molecule has 4 rings (SSSR count). The van der Waals surface area contributed by atoms with Gasteiger partial charge in [-0.2, -0.15) is 0 Å². The number of Topliss-reactive ketones (excluding diaryl/α,β-unsaturated/α-hetero) is 3. The molecule has 4 aliphatic rings. The Morgan fingerprint density at radius 2 is 1.71 bits per heavy atom. The van der Waals surface area contributed by atoms with Crippen LogP contribution in [-0.4, -0.2) is 61.6 Å². The van der Waals surface area contributed by atoms with Crippen LogP contribution in [0.2, 0.25) is 0 Å². The monoisotopic (exact) mass is 532 g/mol. The highest BCUT2D eigenvalue weighted by atomic mass is 16.4. The largest absolute Gasteiger partial charge is 0.481 e. The van der Waals surface area contributed by atoms with Crippen LogP contribution in [0.1, 0.15) is 93.4 Å². The fourth-order valence-electron chi connectivity index (χ4n) is 9.16. The molecule has 0 radical (unpaired) electrons. The zero-order chi connectivity index (χ0) is 28.8. The van der Waals surface area contributed by atoms with E-state index in [9.17, 15) is 39.6 Å². The van der Waals surface area contributed by atoms with Crippen molar-refractivity contribution < 1.29 is 39.6 Å². The number of carboxylic acids is 1. The van der Waals surface area contributed by atoms with Crippen LogP contribution in [0.15, 0.2) is 11.1 Å². The second kappa shape index (κ2) is 8.80. The van der Waals surface area contributed by atoms with Crippen molar-refractivity contribution in [2.45, 2.75) is 111 Å². The van der Waals surface area contributed by atoms with Gasteiger partial charge in [-0.05, 0) is 60.8 Å². The summed E-state index contributed by atoms with van der Waals surface area (Å²) < 4.78 is 0. The summed E-state index contributed by atoms with van der Waals surface area (Å²) in [5.74, 6) is -3.56. The van der Waals surface area contributed by atoms with Crippen molar-refractivity contribution in [1.82, 2.24) is 0 Å². The minimum atomic E-state index is -1.64. The van der Waals surface area contributed by atoms with Gasteiger partial charge in [0.2, 0.25) is 0 Å². The highest BCUT2D eigenvalue weighted by molar-refractivity contribution is 6.05. The van der Waals surface area contributed by atoms with Gasteiger partial charge in [0.15, 0.2) is 5.78 Å². The Morgan fingerprint density at radius 1 is 1.11 bits per heavy atom. The zero-order valence-corrected chi connectivity index (χ0v) is 23.8. The van der Waals surface area contributed by atoms with Crippen LogP contribution in [-0.2, 0) is 19.2 Å². The molecule has 212 valence electrons. The van der Waals surface area contributed by atoms with Gasteiger partial charge in [-0.1, -0.05) is 34.6 Å². The molecule has 0 amide bonds. The minimum Gasteiger partial charge on any atom is -0.481 e. The van der Waals surface area contributed by atoms with E-state index in [1.807, 2.05) is 27.7 Å². The van der Waals surface area contributed by atoms with E-state index in [1.54, 1.807) is 6.92 Å². The number of carboxylic acid groups (broad SMARTS) is 1. The zero-order valence-electron chi connectivity index (χ0n) is 23.8. The molecule has 4 aliphatic carbocycles. The molecule has 0 heterocycles. The lowest BCUT2D eigenvalue weighted by molar-refractivity contribution is -0.148. The average molecular weight is 533 g/mol. The van der Waals surface area contributed by atoms with Crippen molar-refractivity contribution in [3.63, 3.8) is 0 Å². The van der Waals surface area contributed by atoms with Gasteiger partial charge >= 0.3 is 5.97 Å². The van der Waals surface area contributed by atoms with Crippen molar-refractivity contribution in [3.05, 3.63) is 11.1 Å². The van der Waals surface area contributed by atoms with Crippen LogP contribution in [0, 0.1) is 39.4 Å². The maximum absolute atomic E-state index is 14.1. The number of hydrogen-bond acceptors (Lipinski definition) is 7. The normalized spacial score (nSPS) is 42.6. The highest BCUT2D eigenvalue weighted by Crippen LogP contribution is 2.71. The third kappa shape index (κ3) is 3.80. The molecule has 0 aromatic heterocycles. The van der Waals surface area contributed by atoms with Gasteiger partial charge in [0.1, 0.15) is 11.6 Å². The summed E-state index contributed by atoms with van der Waals surface area (Å²) >= 11 is 0. The molecular formula is C30H44O8. The Hall–Kier alpha value is -1.90. The number of ketones is 3. The Kier molecular flexibility index (Phi) is 6.74. The average Bonchev–Trinajstić information content (AvgIpc) is 2.99. The van der Waals surface area contributed by atoms with E-state index in [-0.39, 0.29) is 43.2 Å². The fraction of sp³-hybridized carbons (Fsp3) is 0.800. The number of rotatable bonds is 6. The van der Waals surface area contributed by atoms with Crippen molar-refractivity contribution in [2.75, 3.05) is 0 Å². The topological polar surface area (TPSA) is 149 Å². The first kappa shape index (κ1) is 29.1. The Morgan fingerprint density at radius 3 is 2.29 bits per heavy atom. The molecule has 0 aromatic rings. The SMILES string of the molecule is CC(CC(=O)C[C@](C)(O)[C@H]1CC(=O)[C@@]2(C)C3=C(C(=O)C[C@]12C)[C@@]1(C)CC[C@H](O)C(C)(C)C1C[C@@H]3O)C(=O)O. The molecule has 8 nitrogen and oxygen atoms in total. The first-order valence-corrected chi connectivity index (χ1v) is 13.9. The molecule has 2 saturated carbocycles. The number of aliphatic hydroxyl groups excluding tert-OH is 2. The third-order valence-electron chi connectivity index (χ3n) is 11.6. The van der Waals surface area contributed by atoms with Crippen LogP contribution in [0.4, 0.5) is 0 Å². The van der Waals surface area contributed by atoms with Crippen molar-refractivity contribution in [3.8, 4) is 0 Å². The van der Waals surface area contributed by atoms with E-state index >= 15 is 0 Å². The Labute approximate surface area is 224 Å². The van der Waals surface area contributed by atoms with Crippen molar-refractivity contribution in [1.29, 1.82) is 0 Å². The van der Waals surface area contributed by atoms with E-state index in [2.05, 4.69) is 0 Å². The molecular weight excluding hydrogens is 488 g/mol. The quantitative estimate of drug-likeness (QED) is 0.407. The molecule has 9 atom stereocenters. The molecule has 0 bridgehead atoms. The van der Waals surface area contributed by atoms with Gasteiger partial charge in [-0.15, -0.1) is 0 Å². The number of fused-ring (bicyclic) bond motifs is 4. The number of aliphatic hydroxyl groups is 3. The first-order valence-electron chi connectivity index (χ1n) is 13.9. The Bertz CT molecular complexity index is 1120. The minimum absolute atomic E-state index is 0.00657. The summed E-state index contributed by atoms with van der Waals surface area (Å²) in [6.45, 7) is 12.5. The summed E-state index contributed by atoms with van der Waals surface area (Å²) in [5.41, 5.74) is -3.99. The molecule has 4 N–H and O–H groups in total. The lowest BCUT2D eigenvalue weighted by atomic mass is 9.42. The summed E-state index contributed by atoms with van der Waals surface area (Å²) in [4.78, 5) is 52.0. The van der Waals surface area contributed by atoms with Crippen LogP contribution in [0.3, 0.4) is 0 Å². The van der Waals surface area contributed by atoms with Gasteiger partial charge in [0.05, 0.1) is 29.1 Å². The standard InChI is InChI=1S/C30H44O8/c1-15(25(36)37)10-16(31)13-29(6,38)20-12-22(35)30(7)24-17(32)11-19-26(2,3)21(34)8-9-27(19,4)23(24)18(33)14-28(20,30)5/h15,17,19-21,32,34,38H,8-14H2,1-7H3,(H,36,37)/t15?,17-,19?,20-,21-,27-,28+,29-,30-/m0/s1. The van der Waals surface area contributed by atoms with E-state index in [0.29, 0.717) is 30.4 Å². The van der Waals surface area contributed by atoms with E-state index in [1.165, 1.54) is 13.8 Å². The van der Waals surface area contributed by atoms with Crippen molar-refractivity contribution in [2.24, 2.45) is 39.4 Å². The molecule has 38 heavy (non-hydrogen) atoms. The van der Waals surface area contributed by atoms with Crippen molar-refractivity contribution >= 4 is 23.3 Å². The van der Waals surface area contributed by atoms with Gasteiger partial charge in [-0.3, -0.25) is 19.2 Å². The van der Waals surface area contributed by atoms with Crippen LogP contribution >= 0.6 is 0 Å². The molecule has 2 unspecified atom stereocenters. The Balaban J connectivity index is 1.78. The molecule has 0 spiro atoms. The van der Waals surface area contributed by atoms with E-state index in [0.717, 1.165) is 0 Å². The number of allylic oxidation sites excluding steroid dienone is 1. The summed E-state index contributed by atoms with van der Waals surface area (Å²) in [6.07, 6.45) is -0.727. The molecule has 0 aromatic carbocycles. The number of carbonyl (C=O) groups excluding carboxylic acids is 3. The number of hydrogen-bond donors (Lipinski definition) is 4. The molecule has 0 saturated heterocycles. The smallest absolute Gasteiger partial charge is 0.306 e. The lowest BCUT2D eigenvalue weighted by Crippen LogP contribution is -2.61. The van der Waals surface area contributed by atoms with Gasteiger partial charge in [0, 0.05) is 37.2 Å².